The van der Waals surface area contributed by atoms with Crippen LogP contribution in [0.5, 0.6) is 0 Å². The number of carbonyl (C=O) groups is 2. The number of piperazine rings is 1. The Labute approximate surface area is 87.4 Å². The number of carbonyl (C=O) groups excluding carboxylic acids is 2. The van der Waals surface area contributed by atoms with Crippen LogP contribution < -0.4 is 5.32 Å². The van der Waals surface area contributed by atoms with Crippen molar-refractivity contribution in [1.29, 1.82) is 0 Å². The van der Waals surface area contributed by atoms with Crippen LogP contribution in [0.25, 0.3) is 0 Å². The highest BCUT2D eigenvalue weighted by atomic mass is 32.2. The summed E-state index contributed by atoms with van der Waals surface area (Å²) in [5, 5.41) is 2.32. The zero-order valence-electron chi connectivity index (χ0n) is 8.16. The van der Waals surface area contributed by atoms with Crippen molar-refractivity contribution in [3.8, 4) is 0 Å². The third-order valence-corrected chi connectivity index (χ3v) is 4.11. The number of hydrogen-bond acceptors (Lipinski definition) is 4. The third kappa shape index (κ3) is 1.93. The third-order valence-electron chi connectivity index (χ3n) is 2.77. The molecule has 0 radical (unpaired) electrons. The van der Waals surface area contributed by atoms with Crippen LogP contribution in [-0.4, -0.2) is 47.4 Å². The summed E-state index contributed by atoms with van der Waals surface area (Å²) in [6, 6.07) is 0.398. The van der Waals surface area contributed by atoms with E-state index in [1.807, 2.05) is 16.7 Å². The molecule has 78 valence electrons. The molecule has 0 saturated carbocycles. The van der Waals surface area contributed by atoms with Gasteiger partial charge in [0.05, 0.1) is 13.1 Å². The van der Waals surface area contributed by atoms with Gasteiger partial charge >= 0.3 is 0 Å². The Morgan fingerprint density at radius 3 is 2.43 bits per heavy atom. The number of hydrogen-bond donors (Lipinski definition) is 1. The Bertz CT molecular complexity index is 254. The van der Waals surface area contributed by atoms with Gasteiger partial charge in [-0.3, -0.25) is 19.8 Å². The molecular formula is C9H14N2O2S. The smallest absolute Gasteiger partial charge is 0.240 e. The lowest BCUT2D eigenvalue weighted by molar-refractivity contribution is -0.137. The first-order valence-corrected chi connectivity index (χ1v) is 5.97. The Morgan fingerprint density at radius 1 is 1.29 bits per heavy atom. The summed E-state index contributed by atoms with van der Waals surface area (Å²) in [5.74, 6) is 2.44. The molecule has 0 bridgehead atoms. The van der Waals surface area contributed by atoms with Crippen LogP contribution in [0.3, 0.4) is 0 Å². The van der Waals surface area contributed by atoms with Crippen molar-refractivity contribution in [2.75, 3.05) is 24.6 Å². The molecule has 0 aromatic carbocycles. The van der Waals surface area contributed by atoms with E-state index in [4.69, 9.17) is 0 Å². The molecule has 0 spiro atoms. The average molecular weight is 214 g/mol. The largest absolute Gasteiger partial charge is 0.294 e. The molecule has 2 atom stereocenters. The zero-order chi connectivity index (χ0) is 10.1. The molecule has 2 aliphatic heterocycles. The van der Waals surface area contributed by atoms with Gasteiger partial charge in [0.2, 0.25) is 11.8 Å². The minimum atomic E-state index is -0.162. The lowest BCUT2D eigenvalue weighted by Gasteiger charge is -2.32. The molecule has 0 aromatic heterocycles. The van der Waals surface area contributed by atoms with Gasteiger partial charge in [0.15, 0.2) is 0 Å². The summed E-state index contributed by atoms with van der Waals surface area (Å²) in [6.45, 7) is 2.93. The Morgan fingerprint density at radius 2 is 1.93 bits per heavy atom. The van der Waals surface area contributed by atoms with Gasteiger partial charge in [0, 0.05) is 11.8 Å². The van der Waals surface area contributed by atoms with Gasteiger partial charge < -0.3 is 0 Å². The molecule has 2 fully saturated rings. The summed E-state index contributed by atoms with van der Waals surface area (Å²) >= 11 is 1.90. The van der Waals surface area contributed by atoms with Gasteiger partial charge in [0.25, 0.3) is 0 Å². The van der Waals surface area contributed by atoms with E-state index in [-0.39, 0.29) is 11.8 Å². The maximum atomic E-state index is 11.2. The molecule has 2 saturated heterocycles. The van der Waals surface area contributed by atoms with E-state index in [1.165, 1.54) is 0 Å². The van der Waals surface area contributed by atoms with E-state index in [0.29, 0.717) is 25.0 Å². The Balaban J connectivity index is 2.02. The lowest BCUT2D eigenvalue weighted by Crippen LogP contribution is -2.55. The molecule has 1 N–H and O–H groups in total. The second-order valence-corrected chi connectivity index (χ2v) is 5.03. The molecule has 2 rings (SSSR count). The number of nitrogens with zero attached hydrogens (tertiary/aromatic N) is 1. The first-order chi connectivity index (χ1) is 6.66. The van der Waals surface area contributed by atoms with Crippen molar-refractivity contribution in [3.63, 3.8) is 0 Å². The summed E-state index contributed by atoms with van der Waals surface area (Å²) in [7, 11) is 0. The minimum Gasteiger partial charge on any atom is -0.294 e. The summed E-state index contributed by atoms with van der Waals surface area (Å²) in [5.41, 5.74) is 0. The van der Waals surface area contributed by atoms with E-state index < -0.39 is 0 Å². The van der Waals surface area contributed by atoms with Gasteiger partial charge in [0.1, 0.15) is 0 Å². The maximum absolute atomic E-state index is 11.2. The first kappa shape index (κ1) is 9.98. The van der Waals surface area contributed by atoms with Crippen LogP contribution in [0.4, 0.5) is 0 Å². The molecule has 14 heavy (non-hydrogen) atoms. The quantitative estimate of drug-likeness (QED) is 0.609. The summed E-state index contributed by atoms with van der Waals surface area (Å²) in [6.07, 6.45) is 0. The molecular weight excluding hydrogens is 200 g/mol. The molecule has 2 unspecified atom stereocenters. The van der Waals surface area contributed by atoms with E-state index in [2.05, 4.69) is 12.2 Å². The zero-order valence-corrected chi connectivity index (χ0v) is 8.97. The Hall–Kier alpha value is -0.550. The van der Waals surface area contributed by atoms with Gasteiger partial charge in [-0.2, -0.15) is 11.8 Å². The Kier molecular flexibility index (Phi) is 2.78. The molecule has 2 aliphatic rings. The number of imide groups is 1. The molecule has 5 heteroatoms. The predicted octanol–water partition coefficient (Wildman–Crippen LogP) is -0.304. The molecule has 0 aromatic rings. The highest BCUT2D eigenvalue weighted by Crippen LogP contribution is 2.28. The molecule has 0 aliphatic carbocycles. The highest BCUT2D eigenvalue weighted by molar-refractivity contribution is 7.99. The van der Waals surface area contributed by atoms with E-state index in [9.17, 15) is 9.59 Å². The van der Waals surface area contributed by atoms with E-state index in [0.717, 1.165) is 11.5 Å². The van der Waals surface area contributed by atoms with E-state index in [1.54, 1.807) is 0 Å². The van der Waals surface area contributed by atoms with Crippen molar-refractivity contribution in [1.82, 2.24) is 10.2 Å². The van der Waals surface area contributed by atoms with Crippen molar-refractivity contribution in [2.24, 2.45) is 5.92 Å². The van der Waals surface area contributed by atoms with Crippen LogP contribution in [0.15, 0.2) is 0 Å². The summed E-state index contributed by atoms with van der Waals surface area (Å²) in [4.78, 5) is 24.3. The first-order valence-electron chi connectivity index (χ1n) is 4.81. The molecule has 2 amide bonds. The topological polar surface area (TPSA) is 49.4 Å². The maximum Gasteiger partial charge on any atom is 0.240 e. The second-order valence-electron chi connectivity index (χ2n) is 3.96. The number of amides is 2. The fourth-order valence-electron chi connectivity index (χ4n) is 2.01. The van der Waals surface area contributed by atoms with Crippen LogP contribution >= 0.6 is 11.8 Å². The van der Waals surface area contributed by atoms with Crippen LogP contribution in [0.2, 0.25) is 0 Å². The van der Waals surface area contributed by atoms with Crippen molar-refractivity contribution < 1.29 is 9.59 Å². The number of nitrogens with one attached hydrogen (secondary N) is 1. The predicted molar refractivity (Wildman–Crippen MR) is 55.0 cm³/mol. The summed E-state index contributed by atoms with van der Waals surface area (Å²) < 4.78 is 0. The minimum absolute atomic E-state index is 0.162. The standard InChI is InChI=1S/C9H14N2O2S/c1-6-4-14-5-7(6)11-2-8(12)10-9(13)3-11/h6-7H,2-5H2,1H3,(H,10,12,13). The normalized spacial score (nSPS) is 34.6. The average Bonchev–Trinajstić information content (AvgIpc) is 2.49. The monoisotopic (exact) mass is 214 g/mol. The fraction of sp³-hybridized carbons (Fsp3) is 0.778. The number of rotatable bonds is 1. The fourth-order valence-corrected chi connectivity index (χ4v) is 3.52. The van der Waals surface area contributed by atoms with Crippen LogP contribution in [0, 0.1) is 5.92 Å². The van der Waals surface area contributed by atoms with Crippen molar-refractivity contribution in [2.45, 2.75) is 13.0 Å². The molecule has 2 heterocycles. The second kappa shape index (κ2) is 3.90. The van der Waals surface area contributed by atoms with Crippen LogP contribution in [-0.2, 0) is 9.59 Å². The highest BCUT2D eigenvalue weighted by Gasteiger charge is 2.34. The van der Waals surface area contributed by atoms with Crippen molar-refractivity contribution in [3.05, 3.63) is 0 Å². The van der Waals surface area contributed by atoms with E-state index >= 15 is 0 Å². The van der Waals surface area contributed by atoms with Crippen LogP contribution in [0.1, 0.15) is 6.92 Å². The SMILES string of the molecule is CC1CSCC1N1CC(=O)NC(=O)C1. The van der Waals surface area contributed by atoms with Gasteiger partial charge in [-0.15, -0.1) is 0 Å². The lowest BCUT2D eigenvalue weighted by atomic mass is 10.0. The van der Waals surface area contributed by atoms with Gasteiger partial charge in [-0.05, 0) is 11.7 Å². The molecule has 4 nitrogen and oxygen atoms in total. The van der Waals surface area contributed by atoms with Gasteiger partial charge in [-0.25, -0.2) is 0 Å². The van der Waals surface area contributed by atoms with Crippen molar-refractivity contribution >= 4 is 23.6 Å². The number of thioether (sulfide) groups is 1. The van der Waals surface area contributed by atoms with Gasteiger partial charge in [-0.1, -0.05) is 6.92 Å².